The molecule has 0 radical (unpaired) electrons. The lowest BCUT2D eigenvalue weighted by Crippen LogP contribution is -2.41. The number of pyridine rings is 1. The van der Waals surface area contributed by atoms with Crippen LogP contribution in [0.3, 0.4) is 0 Å². The zero-order chi connectivity index (χ0) is 28.4. The number of halogens is 1. The highest BCUT2D eigenvalue weighted by molar-refractivity contribution is 7.90. The molecule has 1 saturated carbocycles. The fraction of sp³-hybridized carbons (Fsp3) is 0.367. The summed E-state index contributed by atoms with van der Waals surface area (Å²) >= 11 is 0. The van der Waals surface area contributed by atoms with Crippen molar-refractivity contribution in [2.24, 2.45) is 5.92 Å². The van der Waals surface area contributed by atoms with Crippen LogP contribution in [0.5, 0.6) is 0 Å². The first-order valence-electron chi connectivity index (χ1n) is 14.0. The molecule has 0 spiro atoms. The lowest BCUT2D eigenvalue weighted by atomic mass is 9.87. The highest BCUT2D eigenvalue weighted by atomic mass is 32.2. The van der Waals surface area contributed by atoms with Gasteiger partial charge in [-0.3, -0.25) is 4.79 Å². The molecule has 3 heterocycles. The minimum Gasteiger partial charge on any atom is -0.375 e. The number of aromatic amines is 1. The number of ether oxygens (including phenoxy) is 1. The van der Waals surface area contributed by atoms with Crippen molar-refractivity contribution in [1.82, 2.24) is 19.7 Å². The number of rotatable bonds is 7. The van der Waals surface area contributed by atoms with Crippen molar-refractivity contribution in [2.75, 3.05) is 18.0 Å². The zero-order valence-corrected chi connectivity index (χ0v) is 23.3. The van der Waals surface area contributed by atoms with Gasteiger partial charge >= 0.3 is 0 Å². The summed E-state index contributed by atoms with van der Waals surface area (Å²) in [6, 6.07) is 16.4. The Bertz CT molecular complexity index is 1610. The van der Waals surface area contributed by atoms with Gasteiger partial charge in [-0.2, -0.15) is 0 Å². The topological polar surface area (TPSA) is 117 Å². The maximum atomic E-state index is 13.5. The van der Waals surface area contributed by atoms with E-state index in [2.05, 4.69) is 24.6 Å². The number of carbonyl (C=O) groups is 1. The lowest BCUT2D eigenvalue weighted by Gasteiger charge is -2.36. The molecule has 1 amide bonds. The molecular weight excluding hydrogens is 545 g/mol. The molecule has 4 aromatic rings. The Morgan fingerprint density at radius 3 is 2.39 bits per heavy atom. The summed E-state index contributed by atoms with van der Waals surface area (Å²) in [5.41, 5.74) is 2.20. The molecule has 214 valence electrons. The van der Waals surface area contributed by atoms with Gasteiger partial charge in [-0.25, -0.2) is 27.5 Å². The Kier molecular flexibility index (Phi) is 7.72. The summed E-state index contributed by atoms with van der Waals surface area (Å²) < 4.78 is 47.1. The predicted molar refractivity (Wildman–Crippen MR) is 153 cm³/mol. The largest absolute Gasteiger partial charge is 0.375 e. The van der Waals surface area contributed by atoms with E-state index in [0.29, 0.717) is 24.2 Å². The average molecular weight is 578 g/mol. The number of hydrogen-bond acceptors (Lipinski definition) is 7. The van der Waals surface area contributed by atoms with E-state index in [1.807, 2.05) is 12.1 Å². The third-order valence-corrected chi connectivity index (χ3v) is 9.31. The van der Waals surface area contributed by atoms with Crippen LogP contribution in [0.15, 0.2) is 71.8 Å². The summed E-state index contributed by atoms with van der Waals surface area (Å²) in [5, 5.41) is 0. The number of anilines is 1. The van der Waals surface area contributed by atoms with E-state index in [1.54, 1.807) is 30.5 Å². The van der Waals surface area contributed by atoms with E-state index in [9.17, 15) is 17.6 Å². The predicted octanol–water partition coefficient (Wildman–Crippen LogP) is 4.81. The standard InChI is InChI=1S/C30H32FN5O4S/c31-22-9-12-26-27(18-22)34-29(33-26)21-8-13-28(32-19-21)36-16-14-24(15-17-36)40-23-10-6-20(7-11-23)30(37)35-41(38,39)25-4-2-1-3-5-25/h1-5,8-9,12-13,18-20,23-24H,6-7,10-11,14-17H2,(H,33,34)(H,35,37). The van der Waals surface area contributed by atoms with Crippen LogP contribution < -0.4 is 9.62 Å². The summed E-state index contributed by atoms with van der Waals surface area (Å²) in [4.78, 5) is 27.3. The first kappa shape index (κ1) is 27.3. The second-order valence-corrected chi connectivity index (χ2v) is 12.4. The number of carbonyl (C=O) groups excluding carboxylic acids is 1. The van der Waals surface area contributed by atoms with Gasteiger partial charge in [0.15, 0.2) is 0 Å². The number of nitrogens with zero attached hydrogens (tertiary/aromatic N) is 3. The van der Waals surface area contributed by atoms with Gasteiger partial charge in [0.1, 0.15) is 17.5 Å². The molecule has 6 rings (SSSR count). The van der Waals surface area contributed by atoms with Gasteiger partial charge in [-0.1, -0.05) is 18.2 Å². The van der Waals surface area contributed by atoms with E-state index in [4.69, 9.17) is 4.74 Å². The SMILES string of the molecule is O=C(NS(=O)(=O)c1ccccc1)C1CCC(OC2CCN(c3ccc(-c4nc5cc(F)ccc5[nH]4)cn3)CC2)CC1. The van der Waals surface area contributed by atoms with E-state index < -0.39 is 15.9 Å². The van der Waals surface area contributed by atoms with Gasteiger partial charge in [0.05, 0.1) is 28.1 Å². The average Bonchev–Trinajstić information content (AvgIpc) is 3.42. The third-order valence-electron chi connectivity index (χ3n) is 7.95. The molecule has 0 unspecified atom stereocenters. The summed E-state index contributed by atoms with van der Waals surface area (Å²) in [6.45, 7) is 1.66. The number of nitrogens with one attached hydrogen (secondary N) is 2. The molecule has 1 saturated heterocycles. The van der Waals surface area contributed by atoms with Crippen LogP contribution >= 0.6 is 0 Å². The number of amides is 1. The van der Waals surface area contributed by atoms with Crippen LogP contribution in [-0.4, -0.2) is 54.6 Å². The Morgan fingerprint density at radius 2 is 1.68 bits per heavy atom. The number of H-pyrrole nitrogens is 1. The van der Waals surface area contributed by atoms with Crippen LogP contribution in [0, 0.1) is 11.7 Å². The van der Waals surface area contributed by atoms with Crippen LogP contribution in [0.4, 0.5) is 10.2 Å². The highest BCUT2D eigenvalue weighted by Gasteiger charge is 2.31. The van der Waals surface area contributed by atoms with Gasteiger partial charge < -0.3 is 14.6 Å². The Balaban J connectivity index is 0.959. The van der Waals surface area contributed by atoms with Gasteiger partial charge in [-0.05, 0) is 74.9 Å². The number of fused-ring (bicyclic) bond motifs is 1. The number of benzene rings is 2. The van der Waals surface area contributed by atoms with Crippen molar-refractivity contribution in [3.8, 4) is 11.4 Å². The second kappa shape index (κ2) is 11.6. The van der Waals surface area contributed by atoms with Crippen LogP contribution in [0.1, 0.15) is 38.5 Å². The van der Waals surface area contributed by atoms with Crippen molar-refractivity contribution < 1.29 is 22.3 Å². The van der Waals surface area contributed by atoms with E-state index in [-0.39, 0.29) is 28.8 Å². The molecule has 2 aromatic carbocycles. The molecule has 2 aromatic heterocycles. The van der Waals surface area contributed by atoms with Crippen LogP contribution in [0.25, 0.3) is 22.4 Å². The fourth-order valence-electron chi connectivity index (χ4n) is 5.66. The van der Waals surface area contributed by atoms with Gasteiger partial charge in [-0.15, -0.1) is 0 Å². The zero-order valence-electron chi connectivity index (χ0n) is 22.5. The molecule has 1 aliphatic carbocycles. The smallest absolute Gasteiger partial charge is 0.264 e. The first-order chi connectivity index (χ1) is 19.8. The van der Waals surface area contributed by atoms with Crippen molar-refractivity contribution in [2.45, 2.75) is 55.6 Å². The van der Waals surface area contributed by atoms with Gasteiger partial charge in [0, 0.05) is 36.8 Å². The molecule has 11 heteroatoms. The third kappa shape index (κ3) is 6.25. The second-order valence-electron chi connectivity index (χ2n) is 10.7. The normalized spacial score (nSPS) is 20.3. The lowest BCUT2D eigenvalue weighted by molar-refractivity contribution is -0.125. The maximum absolute atomic E-state index is 13.5. The fourth-order valence-corrected chi connectivity index (χ4v) is 6.72. The number of sulfonamides is 1. The Morgan fingerprint density at radius 1 is 0.951 bits per heavy atom. The molecular formula is C30H32FN5O4S. The number of hydrogen-bond donors (Lipinski definition) is 2. The molecule has 0 bridgehead atoms. The molecule has 2 N–H and O–H groups in total. The minimum absolute atomic E-state index is 0.0797. The molecule has 9 nitrogen and oxygen atoms in total. The van der Waals surface area contributed by atoms with E-state index >= 15 is 0 Å². The molecule has 41 heavy (non-hydrogen) atoms. The van der Waals surface area contributed by atoms with Crippen molar-refractivity contribution in [1.29, 1.82) is 0 Å². The van der Waals surface area contributed by atoms with Crippen LogP contribution in [-0.2, 0) is 19.6 Å². The number of aromatic nitrogens is 3. The molecule has 0 atom stereocenters. The number of piperidine rings is 1. The quantitative estimate of drug-likeness (QED) is 0.324. The highest BCUT2D eigenvalue weighted by Crippen LogP contribution is 2.30. The first-order valence-corrected chi connectivity index (χ1v) is 15.5. The van der Waals surface area contributed by atoms with Crippen molar-refractivity contribution >= 4 is 32.8 Å². The van der Waals surface area contributed by atoms with E-state index in [1.165, 1.54) is 24.3 Å². The minimum atomic E-state index is -3.85. The maximum Gasteiger partial charge on any atom is 0.264 e. The Labute approximate surface area is 238 Å². The van der Waals surface area contributed by atoms with Crippen molar-refractivity contribution in [3.05, 3.63) is 72.7 Å². The number of imidazole rings is 1. The van der Waals surface area contributed by atoms with Gasteiger partial charge in [0.25, 0.3) is 10.0 Å². The molecule has 2 fully saturated rings. The monoisotopic (exact) mass is 577 g/mol. The molecule has 2 aliphatic rings. The van der Waals surface area contributed by atoms with E-state index in [0.717, 1.165) is 55.7 Å². The summed E-state index contributed by atoms with van der Waals surface area (Å²) in [5.74, 6) is 0.468. The summed E-state index contributed by atoms with van der Waals surface area (Å²) in [6.07, 6.45) is 6.47. The molecule has 1 aliphatic heterocycles. The van der Waals surface area contributed by atoms with Crippen LogP contribution in [0.2, 0.25) is 0 Å². The van der Waals surface area contributed by atoms with Crippen molar-refractivity contribution in [3.63, 3.8) is 0 Å². The summed E-state index contributed by atoms with van der Waals surface area (Å²) in [7, 11) is -3.85. The Hall–Kier alpha value is -3.83. The van der Waals surface area contributed by atoms with Gasteiger partial charge in [0.2, 0.25) is 5.91 Å².